The van der Waals surface area contributed by atoms with Gasteiger partial charge in [-0.3, -0.25) is 4.79 Å². The second-order valence-corrected chi connectivity index (χ2v) is 9.96. The third-order valence-corrected chi connectivity index (χ3v) is 7.59. The number of alkyl halides is 3. The number of ether oxygens (including phenoxy) is 2. The summed E-state index contributed by atoms with van der Waals surface area (Å²) in [5.74, 6) is 0.506. The molecule has 172 valence electrons. The molecule has 3 heterocycles. The Morgan fingerprint density at radius 2 is 1.77 bits per heavy atom. The van der Waals surface area contributed by atoms with Crippen LogP contribution in [0.5, 0.6) is 5.75 Å². The number of nitrogens with one attached hydrogen (secondary N) is 1. The topological polar surface area (TPSA) is 84.9 Å². The number of benzene rings is 1. The number of hydrogen-bond acceptors (Lipinski definition) is 5. The van der Waals surface area contributed by atoms with E-state index >= 15 is 0 Å². The smallest absolute Gasteiger partial charge is 0.483 e. The lowest BCUT2D eigenvalue weighted by Crippen LogP contribution is -2.52. The van der Waals surface area contributed by atoms with Gasteiger partial charge in [-0.25, -0.2) is 13.1 Å². The molecule has 3 aliphatic heterocycles. The van der Waals surface area contributed by atoms with Gasteiger partial charge in [0.25, 0.3) is 5.91 Å². The number of hydrogen-bond donors (Lipinski definition) is 1. The molecule has 5 rings (SSSR count). The molecule has 1 saturated heterocycles. The van der Waals surface area contributed by atoms with Crippen LogP contribution in [0.3, 0.4) is 0 Å². The monoisotopic (exact) mass is 462 g/mol. The normalized spacial score (nSPS) is 29.9. The highest BCUT2D eigenvalue weighted by molar-refractivity contribution is 7.90. The lowest BCUT2D eigenvalue weighted by molar-refractivity contribution is -0.136. The molecular weight excluding hydrogens is 437 g/mol. The molecule has 31 heavy (non-hydrogen) atoms. The van der Waals surface area contributed by atoms with Crippen LogP contribution < -0.4 is 9.46 Å². The molecule has 0 aromatic heterocycles. The highest BCUT2D eigenvalue weighted by Crippen LogP contribution is 2.39. The van der Waals surface area contributed by atoms with Crippen molar-refractivity contribution in [2.45, 2.75) is 61.7 Å². The van der Waals surface area contributed by atoms with Crippen molar-refractivity contribution >= 4 is 15.9 Å². The zero-order valence-corrected chi connectivity index (χ0v) is 17.6. The Hall–Kier alpha value is -1.85. The molecule has 1 unspecified atom stereocenters. The van der Waals surface area contributed by atoms with Crippen molar-refractivity contribution < 1.29 is 35.9 Å². The van der Waals surface area contributed by atoms with Gasteiger partial charge in [0.05, 0.1) is 18.8 Å². The summed E-state index contributed by atoms with van der Waals surface area (Å²) in [7, 11) is -5.53. The molecule has 2 fully saturated rings. The number of halogens is 3. The maximum absolute atomic E-state index is 12.9. The van der Waals surface area contributed by atoms with Crippen LogP contribution in [0.15, 0.2) is 24.3 Å². The summed E-state index contributed by atoms with van der Waals surface area (Å²) in [6, 6.07) is 5.65. The van der Waals surface area contributed by atoms with Crippen molar-refractivity contribution in [1.82, 2.24) is 9.62 Å². The number of carbonyl (C=O) groups excluding carboxylic acids is 1. The molecule has 0 radical (unpaired) electrons. The van der Waals surface area contributed by atoms with Crippen molar-refractivity contribution in [3.63, 3.8) is 0 Å². The fraction of sp³-hybridized carbons (Fsp3) is 0.650. The Balaban J connectivity index is 1.58. The number of carbonyl (C=O) groups is 1. The van der Waals surface area contributed by atoms with Gasteiger partial charge < -0.3 is 14.4 Å². The van der Waals surface area contributed by atoms with Gasteiger partial charge in [0, 0.05) is 12.6 Å². The van der Waals surface area contributed by atoms with E-state index in [1.54, 1.807) is 4.72 Å². The number of nitrogens with zero attached hydrogens (tertiary/aromatic N) is 1. The van der Waals surface area contributed by atoms with E-state index < -0.39 is 33.5 Å². The summed E-state index contributed by atoms with van der Waals surface area (Å²) in [5, 5.41) is 0. The van der Waals surface area contributed by atoms with E-state index in [9.17, 15) is 26.4 Å². The molecule has 1 aliphatic carbocycles. The van der Waals surface area contributed by atoms with Crippen LogP contribution in [0.25, 0.3) is 0 Å². The fourth-order valence-corrected chi connectivity index (χ4v) is 5.53. The van der Waals surface area contributed by atoms with Crippen LogP contribution in [0.4, 0.5) is 13.2 Å². The number of sulfonamides is 1. The summed E-state index contributed by atoms with van der Waals surface area (Å²) in [6.45, 7) is -0.183. The Morgan fingerprint density at radius 1 is 1.06 bits per heavy atom. The van der Waals surface area contributed by atoms with Gasteiger partial charge in [0.1, 0.15) is 5.75 Å². The molecule has 4 aliphatic rings. The second kappa shape index (κ2) is 8.59. The highest BCUT2D eigenvalue weighted by Gasteiger charge is 2.50. The zero-order valence-electron chi connectivity index (χ0n) is 16.8. The van der Waals surface area contributed by atoms with Crippen LogP contribution in [0.1, 0.15) is 43.6 Å². The van der Waals surface area contributed by atoms with Gasteiger partial charge in [-0.2, -0.15) is 13.2 Å². The minimum absolute atomic E-state index is 0.0287. The van der Waals surface area contributed by atoms with Gasteiger partial charge in [-0.15, -0.1) is 0 Å². The minimum Gasteiger partial charge on any atom is -0.483 e. The molecular formula is C20H25F3N2O5S. The molecule has 1 aromatic carbocycles. The Labute approximate surface area is 178 Å². The van der Waals surface area contributed by atoms with Crippen molar-refractivity contribution in [1.29, 1.82) is 0 Å². The third kappa shape index (κ3) is 4.68. The van der Waals surface area contributed by atoms with Crippen LogP contribution in [-0.2, 0) is 19.6 Å². The van der Waals surface area contributed by atoms with Crippen molar-refractivity contribution in [2.24, 2.45) is 0 Å². The first-order valence-corrected chi connectivity index (χ1v) is 11.9. The number of fused-ring (bicyclic) bond motifs is 5. The summed E-state index contributed by atoms with van der Waals surface area (Å²) in [5.41, 5.74) is -4.37. The largest absolute Gasteiger partial charge is 0.511 e. The molecule has 2 bridgehead atoms. The molecule has 1 amide bonds. The molecule has 1 aromatic rings. The lowest BCUT2D eigenvalue weighted by Gasteiger charge is -2.32. The lowest BCUT2D eigenvalue weighted by atomic mass is 9.82. The van der Waals surface area contributed by atoms with Gasteiger partial charge >= 0.3 is 15.5 Å². The van der Waals surface area contributed by atoms with E-state index in [0.29, 0.717) is 5.75 Å². The molecule has 7 nitrogen and oxygen atoms in total. The fourth-order valence-electron chi connectivity index (χ4n) is 4.72. The molecule has 11 heteroatoms. The predicted octanol–water partition coefficient (Wildman–Crippen LogP) is 2.53. The highest BCUT2D eigenvalue weighted by atomic mass is 32.2. The van der Waals surface area contributed by atoms with E-state index in [0.717, 1.165) is 31.2 Å². The molecule has 1 N–H and O–H groups in total. The average Bonchev–Trinajstić information content (AvgIpc) is 3.12. The quantitative estimate of drug-likeness (QED) is 0.730. The average molecular weight is 462 g/mol. The number of rotatable bonds is 2. The zero-order chi connectivity index (χ0) is 22.2. The van der Waals surface area contributed by atoms with E-state index in [1.807, 2.05) is 24.3 Å². The van der Waals surface area contributed by atoms with E-state index in [4.69, 9.17) is 9.47 Å². The van der Waals surface area contributed by atoms with Gasteiger partial charge in [0.2, 0.25) is 0 Å². The van der Waals surface area contributed by atoms with E-state index in [2.05, 4.69) is 0 Å². The van der Waals surface area contributed by atoms with Crippen LogP contribution in [0.2, 0.25) is 0 Å². The van der Waals surface area contributed by atoms with E-state index in [-0.39, 0.29) is 38.2 Å². The summed E-state index contributed by atoms with van der Waals surface area (Å²) >= 11 is 0. The first-order chi connectivity index (χ1) is 14.7. The third-order valence-electron chi connectivity index (χ3n) is 6.36. The van der Waals surface area contributed by atoms with Gasteiger partial charge in [0.15, 0.2) is 6.61 Å². The SMILES string of the molecule is O=C1COc2ccccc2[C@H]2CC[C@H](CC2)OCC2[C@@H](NS(=O)(=O)C(F)(F)F)CCN12. The summed E-state index contributed by atoms with van der Waals surface area (Å²) < 4.78 is 75.4. The van der Waals surface area contributed by atoms with E-state index in [1.165, 1.54) is 4.90 Å². The van der Waals surface area contributed by atoms with Crippen LogP contribution in [-0.4, -0.2) is 62.7 Å². The first kappa shape index (κ1) is 22.3. The van der Waals surface area contributed by atoms with Crippen LogP contribution >= 0.6 is 0 Å². The summed E-state index contributed by atoms with van der Waals surface area (Å²) in [6.07, 6.45) is 3.28. The number of amides is 1. The molecule has 2 atom stereocenters. The van der Waals surface area contributed by atoms with Crippen molar-refractivity contribution in [3.8, 4) is 5.75 Å². The van der Waals surface area contributed by atoms with Gasteiger partial charge in [-0.1, -0.05) is 18.2 Å². The first-order valence-electron chi connectivity index (χ1n) is 10.4. The summed E-state index contributed by atoms with van der Waals surface area (Å²) in [4.78, 5) is 14.2. The van der Waals surface area contributed by atoms with Crippen molar-refractivity contribution in [3.05, 3.63) is 29.8 Å². The minimum atomic E-state index is -5.53. The molecule has 1 saturated carbocycles. The molecule has 0 spiro atoms. The Bertz CT molecular complexity index is 916. The second-order valence-electron chi connectivity index (χ2n) is 8.25. The maximum atomic E-state index is 12.9. The maximum Gasteiger partial charge on any atom is 0.511 e. The standard InChI is InChI=1S/C20H25F3N2O5S/c21-20(22,23)31(27,28)24-16-9-10-25-17(16)11-29-14-7-5-13(6-8-14)15-3-1-2-4-18(15)30-12-19(25)26/h1-4,13-14,16-17,24H,5-12H2/t13-,14+,16-,17?/m0/s1. The van der Waals surface area contributed by atoms with Crippen molar-refractivity contribution in [2.75, 3.05) is 19.8 Å². The van der Waals surface area contributed by atoms with Crippen LogP contribution in [0, 0.1) is 0 Å². The predicted molar refractivity (Wildman–Crippen MR) is 105 cm³/mol. The Morgan fingerprint density at radius 3 is 2.48 bits per heavy atom. The van der Waals surface area contributed by atoms with Gasteiger partial charge in [-0.05, 0) is 49.7 Å². The Kier molecular flexibility index (Phi) is 6.19. The number of para-hydroxylation sites is 1.